The fourth-order valence-electron chi connectivity index (χ4n) is 4.14. The Morgan fingerprint density at radius 3 is 2.19 bits per heavy atom. The Morgan fingerprint density at radius 2 is 1.50 bits per heavy atom. The molecule has 136 valence electrons. The quantitative estimate of drug-likeness (QED) is 0.820. The maximum Gasteiger partial charge on any atom is 0.253 e. The van der Waals surface area contributed by atoms with Gasteiger partial charge in [-0.05, 0) is 60.7 Å². The molecule has 0 N–H and O–H groups in total. The van der Waals surface area contributed by atoms with Gasteiger partial charge in [-0.3, -0.25) is 9.69 Å². The molecular formula is C21H22F2N2O. The van der Waals surface area contributed by atoms with Crippen LogP contribution in [0.1, 0.15) is 34.7 Å². The van der Waals surface area contributed by atoms with Crippen molar-refractivity contribution in [3.63, 3.8) is 0 Å². The van der Waals surface area contributed by atoms with Gasteiger partial charge in [-0.2, -0.15) is 0 Å². The van der Waals surface area contributed by atoms with Gasteiger partial charge in [-0.25, -0.2) is 8.78 Å². The van der Waals surface area contributed by atoms with E-state index in [1.807, 2.05) is 17.0 Å². The summed E-state index contributed by atoms with van der Waals surface area (Å²) in [7, 11) is 0. The first-order valence-corrected chi connectivity index (χ1v) is 9.14. The first-order valence-electron chi connectivity index (χ1n) is 9.14. The van der Waals surface area contributed by atoms with Crippen molar-refractivity contribution < 1.29 is 13.6 Å². The number of piperidine rings is 1. The molecule has 3 nitrogen and oxygen atoms in total. The summed E-state index contributed by atoms with van der Waals surface area (Å²) < 4.78 is 26.2. The predicted molar refractivity (Wildman–Crippen MR) is 96.0 cm³/mol. The first-order chi connectivity index (χ1) is 12.6. The standard InChI is InChI=1S/C21H22F2N2O/c22-18-6-1-15(2-7-18)17-5-10-20-14-25(12-11-24(20)13-17)21(26)16-3-8-19(23)9-4-16/h1-4,6-9,17,20H,5,10-14H2. The number of rotatable bonds is 2. The van der Waals surface area contributed by atoms with Gasteiger partial charge in [0, 0.05) is 37.8 Å². The van der Waals surface area contributed by atoms with Crippen molar-refractivity contribution in [3.05, 3.63) is 71.3 Å². The first kappa shape index (κ1) is 17.2. The van der Waals surface area contributed by atoms with Crippen molar-refractivity contribution >= 4 is 5.91 Å². The second-order valence-corrected chi connectivity index (χ2v) is 7.23. The maximum atomic E-state index is 13.1. The summed E-state index contributed by atoms with van der Waals surface area (Å²) in [6, 6.07) is 13.0. The van der Waals surface area contributed by atoms with Gasteiger partial charge in [-0.15, -0.1) is 0 Å². The molecule has 2 aromatic carbocycles. The Kier molecular flexibility index (Phi) is 4.72. The molecule has 0 bridgehead atoms. The van der Waals surface area contributed by atoms with Crippen LogP contribution in [0, 0.1) is 11.6 Å². The van der Waals surface area contributed by atoms with Gasteiger partial charge in [0.15, 0.2) is 0 Å². The van der Waals surface area contributed by atoms with Crippen LogP contribution in [0.15, 0.2) is 48.5 Å². The highest BCUT2D eigenvalue weighted by molar-refractivity contribution is 5.94. The van der Waals surface area contributed by atoms with Crippen molar-refractivity contribution in [3.8, 4) is 0 Å². The third-order valence-electron chi connectivity index (χ3n) is 5.63. The van der Waals surface area contributed by atoms with Gasteiger partial charge in [0.2, 0.25) is 0 Å². The van der Waals surface area contributed by atoms with Crippen LogP contribution >= 0.6 is 0 Å². The van der Waals surface area contributed by atoms with E-state index in [0.717, 1.165) is 25.9 Å². The minimum atomic E-state index is -0.328. The van der Waals surface area contributed by atoms with Crippen molar-refractivity contribution in [1.82, 2.24) is 9.80 Å². The minimum absolute atomic E-state index is 0.0229. The number of fused-ring (bicyclic) bond motifs is 1. The molecule has 5 heteroatoms. The van der Waals surface area contributed by atoms with Gasteiger partial charge in [0.25, 0.3) is 5.91 Å². The van der Waals surface area contributed by atoms with E-state index in [-0.39, 0.29) is 17.5 Å². The van der Waals surface area contributed by atoms with Crippen LogP contribution in [-0.4, -0.2) is 47.9 Å². The maximum absolute atomic E-state index is 13.1. The van der Waals surface area contributed by atoms with E-state index < -0.39 is 0 Å². The summed E-state index contributed by atoms with van der Waals surface area (Å²) in [5.74, 6) is -0.127. The van der Waals surface area contributed by atoms with Crippen LogP contribution in [0.25, 0.3) is 0 Å². The lowest BCUT2D eigenvalue weighted by atomic mass is 9.86. The van der Waals surface area contributed by atoms with Gasteiger partial charge in [0.05, 0.1) is 0 Å². The van der Waals surface area contributed by atoms with Crippen molar-refractivity contribution in [1.29, 1.82) is 0 Å². The molecule has 2 saturated heterocycles. The topological polar surface area (TPSA) is 23.6 Å². The Bertz CT molecular complexity index is 776. The van der Waals surface area contributed by atoms with Crippen molar-refractivity contribution in [2.24, 2.45) is 0 Å². The Morgan fingerprint density at radius 1 is 0.846 bits per heavy atom. The summed E-state index contributed by atoms with van der Waals surface area (Å²) in [4.78, 5) is 17.0. The Balaban J connectivity index is 1.39. The van der Waals surface area contributed by atoms with Crippen LogP contribution in [-0.2, 0) is 0 Å². The normalized spacial score (nSPS) is 23.5. The molecule has 0 spiro atoms. The van der Waals surface area contributed by atoms with Gasteiger partial charge in [0.1, 0.15) is 11.6 Å². The molecule has 1 amide bonds. The highest BCUT2D eigenvalue weighted by Gasteiger charge is 2.35. The number of carbonyl (C=O) groups excluding carboxylic acids is 1. The minimum Gasteiger partial charge on any atom is -0.336 e. The number of halogens is 2. The van der Waals surface area contributed by atoms with Crippen LogP contribution in [0.5, 0.6) is 0 Å². The van der Waals surface area contributed by atoms with Gasteiger partial charge >= 0.3 is 0 Å². The fraction of sp³-hybridized carbons (Fsp3) is 0.381. The lowest BCUT2D eigenvalue weighted by Crippen LogP contribution is -2.57. The average Bonchev–Trinajstić information content (AvgIpc) is 2.68. The number of amides is 1. The predicted octanol–water partition coefficient (Wildman–Crippen LogP) is 3.67. The summed E-state index contributed by atoms with van der Waals surface area (Å²) in [5, 5.41) is 0. The zero-order chi connectivity index (χ0) is 18.1. The van der Waals surface area contributed by atoms with Crippen LogP contribution in [0.4, 0.5) is 8.78 Å². The number of hydrogen-bond donors (Lipinski definition) is 0. The smallest absolute Gasteiger partial charge is 0.253 e. The molecule has 2 unspecified atom stereocenters. The van der Waals surface area contributed by atoms with E-state index in [2.05, 4.69) is 4.90 Å². The molecule has 0 saturated carbocycles. The van der Waals surface area contributed by atoms with Crippen molar-refractivity contribution in [2.75, 3.05) is 26.2 Å². The molecule has 2 aliphatic heterocycles. The molecule has 0 aromatic heterocycles. The van der Waals surface area contributed by atoms with Gasteiger partial charge in [-0.1, -0.05) is 12.1 Å². The lowest BCUT2D eigenvalue weighted by molar-refractivity contribution is 0.0329. The number of carbonyl (C=O) groups is 1. The van der Waals surface area contributed by atoms with Crippen molar-refractivity contribution in [2.45, 2.75) is 24.8 Å². The number of hydrogen-bond acceptors (Lipinski definition) is 2. The zero-order valence-corrected chi connectivity index (χ0v) is 14.6. The average molecular weight is 356 g/mol. The Labute approximate surface area is 152 Å². The zero-order valence-electron chi connectivity index (χ0n) is 14.6. The fourth-order valence-corrected chi connectivity index (χ4v) is 4.14. The molecular weight excluding hydrogens is 334 g/mol. The SMILES string of the molecule is O=C(c1ccc(F)cc1)N1CCN2CC(c3ccc(F)cc3)CCC2C1. The molecule has 4 rings (SSSR count). The van der Waals surface area contributed by atoms with E-state index in [1.165, 1.54) is 29.8 Å². The Hall–Kier alpha value is -2.27. The highest BCUT2D eigenvalue weighted by Crippen LogP contribution is 2.32. The van der Waals surface area contributed by atoms with Gasteiger partial charge < -0.3 is 4.90 Å². The molecule has 2 fully saturated rings. The van der Waals surface area contributed by atoms with E-state index >= 15 is 0 Å². The van der Waals surface area contributed by atoms with E-state index in [4.69, 9.17) is 0 Å². The van der Waals surface area contributed by atoms with E-state index in [9.17, 15) is 13.6 Å². The monoisotopic (exact) mass is 356 g/mol. The third-order valence-corrected chi connectivity index (χ3v) is 5.63. The summed E-state index contributed by atoms with van der Waals surface area (Å²) in [6.45, 7) is 3.19. The molecule has 0 radical (unpaired) electrons. The lowest BCUT2D eigenvalue weighted by Gasteiger charge is -2.46. The van der Waals surface area contributed by atoms with Crippen LogP contribution < -0.4 is 0 Å². The summed E-state index contributed by atoms with van der Waals surface area (Å²) in [5.41, 5.74) is 1.73. The molecule has 26 heavy (non-hydrogen) atoms. The molecule has 2 aliphatic rings. The largest absolute Gasteiger partial charge is 0.336 e. The molecule has 2 heterocycles. The second-order valence-electron chi connectivity index (χ2n) is 7.23. The second kappa shape index (κ2) is 7.16. The number of piperazine rings is 1. The third kappa shape index (κ3) is 3.49. The molecule has 0 aliphatic carbocycles. The summed E-state index contributed by atoms with van der Waals surface area (Å²) >= 11 is 0. The molecule has 2 aromatic rings. The molecule has 2 atom stereocenters. The van der Waals surface area contributed by atoms with E-state index in [0.29, 0.717) is 30.6 Å². The highest BCUT2D eigenvalue weighted by atomic mass is 19.1. The number of nitrogens with zero attached hydrogens (tertiary/aromatic N) is 2. The number of benzene rings is 2. The van der Waals surface area contributed by atoms with Crippen LogP contribution in [0.3, 0.4) is 0 Å². The summed E-state index contributed by atoms with van der Waals surface area (Å²) in [6.07, 6.45) is 2.07. The van der Waals surface area contributed by atoms with E-state index in [1.54, 1.807) is 12.1 Å². The van der Waals surface area contributed by atoms with Crippen LogP contribution in [0.2, 0.25) is 0 Å².